The highest BCUT2D eigenvalue weighted by Gasteiger charge is 2.13. The molecular weight excluding hydrogens is 683 g/mol. The van der Waals surface area contributed by atoms with Gasteiger partial charge in [-0.05, 0) is 100 Å². The van der Waals surface area contributed by atoms with E-state index in [1.165, 1.54) is 24.8 Å². The fourth-order valence-corrected chi connectivity index (χ4v) is 6.78. The summed E-state index contributed by atoms with van der Waals surface area (Å²) in [6, 6.07) is 52.6. The van der Waals surface area contributed by atoms with E-state index in [4.69, 9.17) is 4.74 Å². The molecule has 0 amide bonds. The highest BCUT2D eigenvalue weighted by atomic mass is 16.5. The molecule has 0 fully saturated rings. The molecule has 1 unspecified atom stereocenters. The molecule has 6 rings (SSSR count). The summed E-state index contributed by atoms with van der Waals surface area (Å²) in [5, 5.41) is 10.5. The van der Waals surface area contributed by atoms with Crippen molar-refractivity contribution in [2.45, 2.75) is 53.1 Å². The van der Waals surface area contributed by atoms with Crippen LogP contribution in [0, 0.1) is 11.8 Å². The quantitative estimate of drug-likeness (QED) is 0.0892. The molecule has 1 atom stereocenters. The summed E-state index contributed by atoms with van der Waals surface area (Å²) >= 11 is 0. The van der Waals surface area contributed by atoms with Crippen molar-refractivity contribution in [2.75, 3.05) is 11.5 Å². The Morgan fingerprint density at radius 1 is 0.500 bits per heavy atom. The summed E-state index contributed by atoms with van der Waals surface area (Å²) < 4.78 is 6.51. The molecule has 56 heavy (non-hydrogen) atoms. The highest BCUT2D eigenvalue weighted by molar-refractivity contribution is 5.81. The number of benzene rings is 6. The van der Waals surface area contributed by atoms with Gasteiger partial charge in [-0.2, -0.15) is 0 Å². The van der Waals surface area contributed by atoms with Crippen LogP contribution in [0.5, 0.6) is 5.75 Å². The number of para-hydroxylation sites is 1. The third-order valence-corrected chi connectivity index (χ3v) is 10.1. The molecule has 0 aliphatic heterocycles. The van der Waals surface area contributed by atoms with Gasteiger partial charge in [0.25, 0.3) is 0 Å². The second-order valence-corrected chi connectivity index (χ2v) is 15.0. The van der Waals surface area contributed by atoms with Gasteiger partial charge in [0.05, 0.1) is 13.2 Å². The van der Waals surface area contributed by atoms with Crippen molar-refractivity contribution in [3.63, 3.8) is 0 Å². The van der Waals surface area contributed by atoms with Crippen molar-refractivity contribution in [3.05, 3.63) is 191 Å². The van der Waals surface area contributed by atoms with Crippen LogP contribution >= 0.6 is 0 Å². The maximum atomic E-state index is 10.5. The van der Waals surface area contributed by atoms with Crippen molar-refractivity contribution in [2.24, 2.45) is 11.8 Å². The molecule has 284 valence electrons. The fraction of sp³-hybridized carbons (Fsp3) is 0.208. The molecule has 1 N–H and O–H groups in total. The van der Waals surface area contributed by atoms with Crippen molar-refractivity contribution in [3.8, 4) is 5.75 Å². The number of nitrogens with zero attached hydrogens (tertiary/aromatic N) is 1. The topological polar surface area (TPSA) is 32.7 Å². The molecule has 3 nitrogen and oxygen atoms in total. The van der Waals surface area contributed by atoms with Gasteiger partial charge in [0.1, 0.15) is 5.75 Å². The maximum Gasteiger partial charge on any atom is 0.127 e. The van der Waals surface area contributed by atoms with Gasteiger partial charge in [-0.25, -0.2) is 0 Å². The van der Waals surface area contributed by atoms with E-state index in [0.29, 0.717) is 12.5 Å². The number of ether oxygens (including phenoxy) is 1. The molecule has 0 spiro atoms. The molecule has 3 heteroatoms. The van der Waals surface area contributed by atoms with Crippen LogP contribution in [0.3, 0.4) is 0 Å². The van der Waals surface area contributed by atoms with Crippen LogP contribution in [0.4, 0.5) is 17.1 Å². The minimum atomic E-state index is -0.0647. The minimum absolute atomic E-state index is 0.0647. The Kier molecular flexibility index (Phi) is 14.7. The van der Waals surface area contributed by atoms with Crippen LogP contribution in [0.1, 0.15) is 85.4 Å². The number of rotatable bonds is 18. The first-order valence-electron chi connectivity index (χ1n) is 20.1. The Morgan fingerprint density at radius 2 is 0.964 bits per heavy atom. The minimum Gasteiger partial charge on any atom is -0.493 e. The monoisotopic (exact) mass is 737 g/mol. The van der Waals surface area contributed by atoms with Gasteiger partial charge in [0.2, 0.25) is 0 Å². The van der Waals surface area contributed by atoms with Crippen LogP contribution < -0.4 is 9.64 Å². The molecule has 0 bridgehead atoms. The second-order valence-electron chi connectivity index (χ2n) is 15.0. The summed E-state index contributed by atoms with van der Waals surface area (Å²) in [5.41, 5.74) is 10.5. The first kappa shape index (κ1) is 39.8. The predicted octanol–water partition coefficient (Wildman–Crippen LogP) is 14.4. The first-order chi connectivity index (χ1) is 27.4. The van der Waals surface area contributed by atoms with E-state index in [0.717, 1.165) is 68.5 Å². The maximum absolute atomic E-state index is 10.5. The van der Waals surface area contributed by atoms with E-state index >= 15 is 0 Å². The van der Waals surface area contributed by atoms with Crippen molar-refractivity contribution >= 4 is 53.5 Å². The van der Waals surface area contributed by atoms with Crippen molar-refractivity contribution in [1.29, 1.82) is 0 Å². The van der Waals surface area contributed by atoms with E-state index in [1.807, 2.05) is 30.3 Å². The average Bonchev–Trinajstić information content (AvgIpc) is 3.23. The van der Waals surface area contributed by atoms with Crippen LogP contribution in [0.15, 0.2) is 152 Å². The molecule has 0 saturated heterocycles. The predicted molar refractivity (Wildman–Crippen MR) is 241 cm³/mol. The van der Waals surface area contributed by atoms with E-state index in [1.54, 1.807) is 0 Å². The molecule has 6 aromatic carbocycles. The number of hydrogen-bond acceptors (Lipinski definition) is 3. The molecule has 0 aromatic heterocycles. The van der Waals surface area contributed by atoms with Gasteiger partial charge >= 0.3 is 0 Å². The molecule has 0 saturated carbocycles. The summed E-state index contributed by atoms with van der Waals surface area (Å²) in [7, 11) is 0. The van der Waals surface area contributed by atoms with Crippen LogP contribution in [0.2, 0.25) is 0 Å². The molecule has 0 aliphatic carbocycles. The lowest BCUT2D eigenvalue weighted by atomic mass is 9.97. The van der Waals surface area contributed by atoms with Crippen LogP contribution in [0.25, 0.3) is 36.5 Å². The first-order valence-corrected chi connectivity index (χ1v) is 20.1. The van der Waals surface area contributed by atoms with E-state index < -0.39 is 0 Å². The molecule has 0 heterocycles. The Bertz CT molecular complexity index is 2150. The molecule has 6 aromatic rings. The Labute approximate surface area is 335 Å². The molecule has 0 radical (unpaired) electrons. The standard InChI is InChI=1S/C53H55NO2/c1-41(2)14-13-15-42(3)36-37-56-53-39-47(49(40-55)38-48(53)31-25-44-18-9-5-10-19-44)30-24-46-28-34-52(35-29-46)54(50-20-11-6-12-21-50)51-32-26-45(27-33-51)23-22-43-16-7-4-8-17-43/h4-12,16-35,38-39,41-42,55H,13-15,36-37,40H2,1-3H3/b23-22+,30-24+,31-25+. The normalized spacial score (nSPS) is 12.2. The largest absolute Gasteiger partial charge is 0.493 e. The summed E-state index contributed by atoms with van der Waals surface area (Å²) in [6.45, 7) is 7.51. The van der Waals surface area contributed by atoms with Crippen LogP contribution in [-0.4, -0.2) is 11.7 Å². The lowest BCUT2D eigenvalue weighted by molar-refractivity contribution is 0.273. The Balaban J connectivity index is 1.21. The molecular formula is C53H55NO2. The zero-order valence-electron chi connectivity index (χ0n) is 33.1. The smallest absolute Gasteiger partial charge is 0.127 e. The fourth-order valence-electron chi connectivity index (χ4n) is 6.78. The Hall–Kier alpha value is -5.90. The van der Waals surface area contributed by atoms with Crippen molar-refractivity contribution < 1.29 is 9.84 Å². The number of aliphatic hydroxyl groups is 1. The van der Waals surface area contributed by atoms with Gasteiger partial charge < -0.3 is 14.7 Å². The van der Waals surface area contributed by atoms with Gasteiger partial charge in [-0.3, -0.25) is 0 Å². The van der Waals surface area contributed by atoms with E-state index in [2.05, 4.69) is 183 Å². The number of anilines is 3. The van der Waals surface area contributed by atoms with E-state index in [9.17, 15) is 5.11 Å². The third kappa shape index (κ3) is 11.8. The SMILES string of the molecule is CC(C)CCCC(C)CCOc1cc(/C=C/c2ccc(N(c3ccccc3)c3ccc(/C=C/c4ccccc4)cc3)cc2)c(CO)cc1/C=C/c1ccccc1. The summed E-state index contributed by atoms with van der Waals surface area (Å²) in [6.07, 6.45) is 17.4. The third-order valence-electron chi connectivity index (χ3n) is 10.1. The zero-order valence-corrected chi connectivity index (χ0v) is 33.1. The number of hydrogen-bond donors (Lipinski definition) is 1. The zero-order chi connectivity index (χ0) is 39.0. The van der Waals surface area contributed by atoms with Crippen molar-refractivity contribution in [1.82, 2.24) is 0 Å². The summed E-state index contributed by atoms with van der Waals surface area (Å²) in [4.78, 5) is 2.28. The van der Waals surface area contributed by atoms with Crippen LogP contribution in [-0.2, 0) is 6.61 Å². The lowest BCUT2D eigenvalue weighted by Gasteiger charge is -2.25. The Morgan fingerprint density at radius 3 is 1.48 bits per heavy atom. The second kappa shape index (κ2) is 20.7. The van der Waals surface area contributed by atoms with Gasteiger partial charge in [0.15, 0.2) is 0 Å². The molecule has 0 aliphatic rings. The van der Waals surface area contributed by atoms with Gasteiger partial charge in [-0.15, -0.1) is 0 Å². The lowest BCUT2D eigenvalue weighted by Crippen LogP contribution is -2.09. The van der Waals surface area contributed by atoms with Gasteiger partial charge in [0, 0.05) is 22.6 Å². The highest BCUT2D eigenvalue weighted by Crippen LogP contribution is 2.35. The summed E-state index contributed by atoms with van der Waals surface area (Å²) in [5.74, 6) is 2.18. The average molecular weight is 738 g/mol. The number of aliphatic hydroxyl groups excluding tert-OH is 1. The van der Waals surface area contributed by atoms with E-state index in [-0.39, 0.29) is 6.61 Å². The van der Waals surface area contributed by atoms with Gasteiger partial charge in [-0.1, -0.05) is 180 Å².